The molecule has 2 heteroatoms. The Balaban J connectivity index is 2.05. The van der Waals surface area contributed by atoms with Crippen LogP contribution in [0.4, 0.5) is 5.69 Å². The predicted octanol–water partition coefficient (Wildman–Crippen LogP) is 8.45. The van der Waals surface area contributed by atoms with Crippen molar-refractivity contribution in [1.29, 1.82) is 0 Å². The highest BCUT2D eigenvalue weighted by molar-refractivity contribution is 5.90. The predicted molar refractivity (Wildman–Crippen MR) is 124 cm³/mol. The molecule has 2 nitrogen and oxygen atoms in total. The van der Waals surface area contributed by atoms with Crippen LogP contribution in [0.5, 0.6) is 0 Å². The van der Waals surface area contributed by atoms with Crippen molar-refractivity contribution >= 4 is 11.6 Å². The highest BCUT2D eigenvalue weighted by Gasteiger charge is 2.03. The van der Waals surface area contributed by atoms with E-state index < -0.39 is 0 Å². The maximum absolute atomic E-state index is 12.1. The van der Waals surface area contributed by atoms with E-state index >= 15 is 0 Å². The van der Waals surface area contributed by atoms with Gasteiger partial charge in [0.25, 0.3) is 0 Å². The van der Waals surface area contributed by atoms with Gasteiger partial charge in [0, 0.05) is 12.1 Å². The lowest BCUT2D eigenvalue weighted by atomic mass is 10.0. The number of hydrogen-bond donors (Lipinski definition) is 1. The van der Waals surface area contributed by atoms with E-state index in [1.165, 1.54) is 95.5 Å². The molecule has 0 unspecified atom stereocenters. The maximum Gasteiger partial charge on any atom is 0.224 e. The van der Waals surface area contributed by atoms with E-state index in [2.05, 4.69) is 43.4 Å². The van der Waals surface area contributed by atoms with Gasteiger partial charge in [-0.2, -0.15) is 0 Å². The Morgan fingerprint density at radius 2 is 1.11 bits per heavy atom. The number of amides is 1. The minimum atomic E-state index is 0.159. The Hall–Kier alpha value is -1.31. The summed E-state index contributed by atoms with van der Waals surface area (Å²) < 4.78 is 0. The number of carbonyl (C=O) groups excluding carboxylic acids is 1. The summed E-state index contributed by atoms with van der Waals surface area (Å²) in [5.41, 5.74) is 2.32. The first-order chi connectivity index (χ1) is 13.8. The molecule has 0 aliphatic carbocycles. The first kappa shape index (κ1) is 24.7. The van der Waals surface area contributed by atoms with Crippen LogP contribution in [0.25, 0.3) is 0 Å². The molecule has 0 fully saturated rings. The monoisotopic (exact) mass is 387 g/mol. The Morgan fingerprint density at radius 3 is 1.64 bits per heavy atom. The summed E-state index contributed by atoms with van der Waals surface area (Å²) in [6.07, 6.45) is 21.4. The zero-order valence-corrected chi connectivity index (χ0v) is 18.7. The fraction of sp³-hybridized carbons (Fsp3) is 0.731. The molecule has 0 spiro atoms. The zero-order valence-electron chi connectivity index (χ0n) is 18.7. The van der Waals surface area contributed by atoms with Crippen LogP contribution in [0.2, 0.25) is 0 Å². The molecular weight excluding hydrogens is 342 g/mol. The summed E-state index contributed by atoms with van der Waals surface area (Å²) in [6, 6.07) is 8.45. The Labute approximate surface area is 174 Å². The van der Waals surface area contributed by atoms with Gasteiger partial charge in [-0.3, -0.25) is 4.79 Å². The number of nitrogens with one attached hydrogen (secondary N) is 1. The Morgan fingerprint density at radius 1 is 0.643 bits per heavy atom. The van der Waals surface area contributed by atoms with Gasteiger partial charge in [-0.1, -0.05) is 109 Å². The molecular formula is C26H45NO. The minimum Gasteiger partial charge on any atom is -0.326 e. The number of aryl methyl sites for hydroxylation is 1. The van der Waals surface area contributed by atoms with Gasteiger partial charge in [0.15, 0.2) is 0 Å². The Kier molecular flexibility index (Phi) is 15.7. The molecule has 0 saturated carbocycles. The highest BCUT2D eigenvalue weighted by atomic mass is 16.1. The summed E-state index contributed by atoms with van der Waals surface area (Å²) in [4.78, 5) is 12.1. The third-order valence-electron chi connectivity index (χ3n) is 5.56. The van der Waals surface area contributed by atoms with E-state index in [1.54, 1.807) is 0 Å². The van der Waals surface area contributed by atoms with Crippen LogP contribution in [0.3, 0.4) is 0 Å². The summed E-state index contributed by atoms with van der Waals surface area (Å²) >= 11 is 0. The van der Waals surface area contributed by atoms with Crippen LogP contribution in [0.1, 0.15) is 122 Å². The summed E-state index contributed by atoms with van der Waals surface area (Å²) in [5, 5.41) is 3.05. The van der Waals surface area contributed by atoms with Crippen molar-refractivity contribution in [3.63, 3.8) is 0 Å². The van der Waals surface area contributed by atoms with Crippen molar-refractivity contribution in [1.82, 2.24) is 0 Å². The topological polar surface area (TPSA) is 29.1 Å². The third kappa shape index (κ3) is 13.8. The third-order valence-corrected chi connectivity index (χ3v) is 5.56. The quantitative estimate of drug-likeness (QED) is 0.251. The van der Waals surface area contributed by atoms with Crippen molar-refractivity contribution < 1.29 is 4.79 Å². The van der Waals surface area contributed by atoms with Gasteiger partial charge in [0.05, 0.1) is 0 Å². The van der Waals surface area contributed by atoms with Crippen molar-refractivity contribution in [2.75, 3.05) is 5.32 Å². The van der Waals surface area contributed by atoms with E-state index in [0.717, 1.165) is 18.5 Å². The van der Waals surface area contributed by atoms with E-state index in [4.69, 9.17) is 0 Å². The molecule has 0 aliphatic rings. The summed E-state index contributed by atoms with van der Waals surface area (Å²) in [6.45, 7) is 4.52. The van der Waals surface area contributed by atoms with E-state index in [-0.39, 0.29) is 5.91 Å². The summed E-state index contributed by atoms with van der Waals surface area (Å²) in [5.74, 6) is 0.159. The lowest BCUT2D eigenvalue weighted by molar-refractivity contribution is -0.116. The lowest BCUT2D eigenvalue weighted by Crippen LogP contribution is -2.11. The normalized spacial score (nSPS) is 10.9. The molecule has 1 amide bonds. The van der Waals surface area contributed by atoms with Crippen LogP contribution in [0, 0.1) is 0 Å². The van der Waals surface area contributed by atoms with Crippen molar-refractivity contribution in [2.24, 2.45) is 0 Å². The van der Waals surface area contributed by atoms with E-state index in [0.29, 0.717) is 6.42 Å². The van der Waals surface area contributed by atoms with Gasteiger partial charge in [-0.15, -0.1) is 0 Å². The van der Waals surface area contributed by atoms with Crippen LogP contribution >= 0.6 is 0 Å². The van der Waals surface area contributed by atoms with Crippen molar-refractivity contribution in [2.45, 2.75) is 123 Å². The molecule has 0 aliphatic heterocycles. The number of hydrogen-bond acceptors (Lipinski definition) is 1. The Bertz CT molecular complexity index is 480. The largest absolute Gasteiger partial charge is 0.326 e. The molecule has 160 valence electrons. The fourth-order valence-electron chi connectivity index (χ4n) is 3.68. The molecule has 28 heavy (non-hydrogen) atoms. The average Bonchev–Trinajstić information content (AvgIpc) is 2.70. The van der Waals surface area contributed by atoms with Gasteiger partial charge in [0.2, 0.25) is 5.91 Å². The van der Waals surface area contributed by atoms with Gasteiger partial charge in [0.1, 0.15) is 0 Å². The smallest absolute Gasteiger partial charge is 0.224 e. The zero-order chi connectivity index (χ0) is 20.3. The number of rotatable bonds is 18. The van der Waals surface area contributed by atoms with Gasteiger partial charge < -0.3 is 5.32 Å². The van der Waals surface area contributed by atoms with Crippen LogP contribution in [0.15, 0.2) is 24.3 Å². The molecule has 0 saturated heterocycles. The molecule has 0 radical (unpaired) electrons. The fourth-order valence-corrected chi connectivity index (χ4v) is 3.68. The second-order valence-corrected chi connectivity index (χ2v) is 8.34. The first-order valence-corrected chi connectivity index (χ1v) is 12.1. The van der Waals surface area contributed by atoms with Gasteiger partial charge >= 0.3 is 0 Å². The van der Waals surface area contributed by atoms with Crippen LogP contribution in [-0.4, -0.2) is 5.91 Å². The van der Waals surface area contributed by atoms with Gasteiger partial charge in [-0.05, 0) is 37.0 Å². The molecule has 0 aromatic heterocycles. The second kappa shape index (κ2) is 17.8. The van der Waals surface area contributed by atoms with Crippen LogP contribution < -0.4 is 5.32 Å². The molecule has 1 aromatic rings. The lowest BCUT2D eigenvalue weighted by Gasteiger charge is -2.07. The SMILES string of the molecule is CCCCCCCCCCCC(=O)Nc1ccc(CCCCCCCC)cc1. The maximum atomic E-state index is 12.1. The number of anilines is 1. The number of carbonyl (C=O) groups is 1. The summed E-state index contributed by atoms with van der Waals surface area (Å²) in [7, 11) is 0. The first-order valence-electron chi connectivity index (χ1n) is 12.1. The standard InChI is InChI=1S/C26H45NO/c1-3-5-7-9-11-12-13-15-17-19-26(28)27-25-22-20-24(21-23-25)18-16-14-10-8-6-4-2/h20-23H,3-19H2,1-2H3,(H,27,28). The second-order valence-electron chi connectivity index (χ2n) is 8.34. The molecule has 1 rings (SSSR count). The van der Waals surface area contributed by atoms with E-state index in [1.807, 2.05) is 0 Å². The average molecular weight is 388 g/mol. The van der Waals surface area contributed by atoms with Crippen molar-refractivity contribution in [3.05, 3.63) is 29.8 Å². The highest BCUT2D eigenvalue weighted by Crippen LogP contribution is 2.15. The molecule has 0 bridgehead atoms. The van der Waals surface area contributed by atoms with E-state index in [9.17, 15) is 4.79 Å². The molecule has 0 atom stereocenters. The van der Waals surface area contributed by atoms with Crippen molar-refractivity contribution in [3.8, 4) is 0 Å². The minimum absolute atomic E-state index is 0.159. The van der Waals surface area contributed by atoms with Crippen LogP contribution in [-0.2, 0) is 11.2 Å². The number of unbranched alkanes of at least 4 members (excludes halogenated alkanes) is 13. The molecule has 0 heterocycles. The van der Waals surface area contributed by atoms with Gasteiger partial charge in [-0.25, -0.2) is 0 Å². The molecule has 1 aromatic carbocycles. The molecule has 1 N–H and O–H groups in total. The number of benzene rings is 1.